The van der Waals surface area contributed by atoms with Crippen LogP contribution in [0, 0.1) is 5.82 Å². The maximum Gasteiger partial charge on any atom is 0.123 e. The Labute approximate surface area is 206 Å². The standard InChI is InChI=1S/C29H31FN2OS/c30-25-12-10-24(11-13-25)28-26-9-5-4-8-23(26)15-18-32(28)27(34)14-16-29(33)17-19-31(21-29)20-22-6-2-1-3-7-22/h1-13,28,33H,14-21H2/t28-,29?/m0/s1. The van der Waals surface area contributed by atoms with Crippen LogP contribution in [0.2, 0.25) is 0 Å². The van der Waals surface area contributed by atoms with Crippen molar-refractivity contribution < 1.29 is 9.50 Å². The number of hydrogen-bond donors (Lipinski definition) is 1. The van der Waals surface area contributed by atoms with E-state index in [-0.39, 0.29) is 11.9 Å². The van der Waals surface area contributed by atoms with Crippen LogP contribution in [-0.2, 0) is 13.0 Å². The maximum atomic E-state index is 13.6. The molecule has 5 heteroatoms. The van der Waals surface area contributed by atoms with Crippen molar-refractivity contribution in [3.05, 3.63) is 107 Å². The fraction of sp³-hybridized carbons (Fsp3) is 0.345. The highest BCUT2D eigenvalue weighted by Gasteiger charge is 2.37. The van der Waals surface area contributed by atoms with Gasteiger partial charge in [0.15, 0.2) is 0 Å². The summed E-state index contributed by atoms with van der Waals surface area (Å²) in [5.41, 5.74) is 4.16. The first-order valence-corrected chi connectivity index (χ1v) is 12.5. The van der Waals surface area contributed by atoms with E-state index in [1.54, 1.807) is 0 Å². The lowest BCUT2D eigenvalue weighted by atomic mass is 9.87. The Morgan fingerprint density at radius 3 is 2.50 bits per heavy atom. The van der Waals surface area contributed by atoms with E-state index >= 15 is 0 Å². The average Bonchev–Trinajstić information content (AvgIpc) is 3.23. The summed E-state index contributed by atoms with van der Waals surface area (Å²) < 4.78 is 13.6. The fourth-order valence-corrected chi connectivity index (χ4v) is 5.74. The number of rotatable bonds is 6. The third kappa shape index (κ3) is 5.07. The van der Waals surface area contributed by atoms with Crippen LogP contribution in [0.15, 0.2) is 78.9 Å². The summed E-state index contributed by atoms with van der Waals surface area (Å²) in [6.07, 6.45) is 3.03. The molecule has 3 nitrogen and oxygen atoms in total. The van der Waals surface area contributed by atoms with Crippen molar-refractivity contribution in [3.8, 4) is 0 Å². The van der Waals surface area contributed by atoms with Crippen LogP contribution in [0.5, 0.6) is 0 Å². The highest BCUT2D eigenvalue weighted by Crippen LogP contribution is 2.37. The molecule has 1 N–H and O–H groups in total. The first-order valence-electron chi connectivity index (χ1n) is 12.1. The van der Waals surface area contributed by atoms with E-state index in [9.17, 15) is 9.50 Å². The third-order valence-corrected chi connectivity index (χ3v) is 7.69. The predicted octanol–water partition coefficient (Wildman–Crippen LogP) is 5.52. The van der Waals surface area contributed by atoms with E-state index in [0.717, 1.165) is 43.0 Å². The molecule has 3 aromatic rings. The molecular weight excluding hydrogens is 443 g/mol. The average molecular weight is 475 g/mol. The van der Waals surface area contributed by atoms with Crippen molar-refractivity contribution in [2.75, 3.05) is 19.6 Å². The first-order chi connectivity index (χ1) is 16.5. The van der Waals surface area contributed by atoms with E-state index in [1.165, 1.54) is 28.8 Å². The van der Waals surface area contributed by atoms with Gasteiger partial charge in [0.05, 0.1) is 16.6 Å². The number of halogens is 1. The maximum absolute atomic E-state index is 13.6. The smallest absolute Gasteiger partial charge is 0.123 e. The van der Waals surface area contributed by atoms with Gasteiger partial charge in [-0.25, -0.2) is 4.39 Å². The van der Waals surface area contributed by atoms with Crippen LogP contribution >= 0.6 is 12.2 Å². The van der Waals surface area contributed by atoms with Crippen LogP contribution in [0.4, 0.5) is 4.39 Å². The molecule has 0 bridgehead atoms. The number of hydrogen-bond acceptors (Lipinski definition) is 3. The van der Waals surface area contributed by atoms with Gasteiger partial charge in [0.1, 0.15) is 5.82 Å². The van der Waals surface area contributed by atoms with Crippen molar-refractivity contribution in [1.29, 1.82) is 0 Å². The highest BCUT2D eigenvalue weighted by molar-refractivity contribution is 7.80. The monoisotopic (exact) mass is 474 g/mol. The molecule has 0 radical (unpaired) electrons. The molecule has 0 amide bonds. The molecule has 0 spiro atoms. The van der Waals surface area contributed by atoms with Gasteiger partial charge >= 0.3 is 0 Å². The summed E-state index contributed by atoms with van der Waals surface area (Å²) in [7, 11) is 0. The summed E-state index contributed by atoms with van der Waals surface area (Å²) in [5.74, 6) is -0.231. The Morgan fingerprint density at radius 2 is 1.71 bits per heavy atom. The van der Waals surface area contributed by atoms with E-state index in [4.69, 9.17) is 12.2 Å². The minimum absolute atomic E-state index is 0.0224. The molecule has 2 heterocycles. The summed E-state index contributed by atoms with van der Waals surface area (Å²) in [4.78, 5) is 5.49. The number of β-amino-alcohol motifs (C(OH)–C–C–N with tert-alkyl or cyclic N) is 1. The van der Waals surface area contributed by atoms with Gasteiger partial charge in [-0.1, -0.05) is 78.9 Å². The van der Waals surface area contributed by atoms with Crippen LogP contribution in [0.25, 0.3) is 0 Å². The van der Waals surface area contributed by atoms with Gasteiger partial charge in [0.25, 0.3) is 0 Å². The highest BCUT2D eigenvalue weighted by atomic mass is 32.1. The lowest BCUT2D eigenvalue weighted by Gasteiger charge is -2.40. The third-order valence-electron chi connectivity index (χ3n) is 7.25. The Morgan fingerprint density at radius 1 is 0.971 bits per heavy atom. The molecule has 3 aromatic carbocycles. The molecule has 0 aliphatic carbocycles. The molecular formula is C29H31FN2OS. The largest absolute Gasteiger partial charge is 0.388 e. The van der Waals surface area contributed by atoms with Crippen molar-refractivity contribution in [2.24, 2.45) is 0 Å². The van der Waals surface area contributed by atoms with E-state index in [2.05, 4.69) is 58.3 Å². The van der Waals surface area contributed by atoms with Crippen LogP contribution in [-0.4, -0.2) is 45.1 Å². The Hall–Kier alpha value is -2.60. The van der Waals surface area contributed by atoms with Crippen molar-refractivity contribution >= 4 is 17.2 Å². The second-order valence-electron chi connectivity index (χ2n) is 9.66. The molecule has 2 aliphatic heterocycles. The van der Waals surface area contributed by atoms with E-state index < -0.39 is 5.60 Å². The Kier molecular flexibility index (Phi) is 6.77. The predicted molar refractivity (Wildman–Crippen MR) is 138 cm³/mol. The summed E-state index contributed by atoms with van der Waals surface area (Å²) in [5, 5.41) is 11.3. The number of nitrogens with zero attached hydrogens (tertiary/aromatic N) is 2. The zero-order valence-electron chi connectivity index (χ0n) is 19.4. The number of thiocarbonyl (C=S) groups is 1. The second kappa shape index (κ2) is 9.95. The van der Waals surface area contributed by atoms with Crippen LogP contribution < -0.4 is 0 Å². The lowest BCUT2D eigenvalue weighted by molar-refractivity contribution is 0.0412. The molecule has 5 rings (SSSR count). The number of fused-ring (bicyclic) bond motifs is 1. The second-order valence-corrected chi connectivity index (χ2v) is 10.1. The summed E-state index contributed by atoms with van der Waals surface area (Å²) in [6, 6.07) is 25.6. The molecule has 2 aliphatic rings. The SMILES string of the molecule is OC1(CCC(=S)N2CCc3ccccc3[C@@H]2c2ccc(F)cc2)CCN(Cc2ccccc2)C1. The van der Waals surface area contributed by atoms with Crippen LogP contribution in [0.3, 0.4) is 0 Å². The van der Waals surface area contributed by atoms with Gasteiger partial charge in [0.2, 0.25) is 0 Å². The van der Waals surface area contributed by atoms with Crippen molar-refractivity contribution in [3.63, 3.8) is 0 Å². The normalized spacial score (nSPS) is 22.5. The molecule has 1 unspecified atom stereocenters. The van der Waals surface area contributed by atoms with Gasteiger partial charge < -0.3 is 10.0 Å². The topological polar surface area (TPSA) is 26.7 Å². The van der Waals surface area contributed by atoms with Gasteiger partial charge in [-0.3, -0.25) is 4.90 Å². The van der Waals surface area contributed by atoms with Gasteiger partial charge in [-0.15, -0.1) is 0 Å². The zero-order valence-corrected chi connectivity index (χ0v) is 20.2. The Bertz CT molecular complexity index is 1140. The van der Waals surface area contributed by atoms with Crippen molar-refractivity contribution in [2.45, 2.75) is 43.9 Å². The number of aliphatic hydroxyl groups is 1. The quantitative estimate of drug-likeness (QED) is 0.476. The first kappa shape index (κ1) is 23.2. The minimum Gasteiger partial charge on any atom is -0.388 e. The molecule has 0 aromatic heterocycles. The summed E-state index contributed by atoms with van der Waals surface area (Å²) in [6.45, 7) is 3.27. The molecule has 2 atom stereocenters. The van der Waals surface area contributed by atoms with Crippen molar-refractivity contribution in [1.82, 2.24) is 9.80 Å². The molecule has 1 fully saturated rings. The van der Waals surface area contributed by atoms with Gasteiger partial charge in [0, 0.05) is 32.6 Å². The van der Waals surface area contributed by atoms with E-state index in [0.29, 0.717) is 19.4 Å². The number of likely N-dealkylation sites (tertiary alicyclic amines) is 1. The molecule has 1 saturated heterocycles. The fourth-order valence-electron chi connectivity index (χ4n) is 5.44. The zero-order chi connectivity index (χ0) is 23.5. The van der Waals surface area contributed by atoms with Gasteiger partial charge in [-0.2, -0.15) is 0 Å². The molecule has 34 heavy (non-hydrogen) atoms. The minimum atomic E-state index is -0.710. The van der Waals surface area contributed by atoms with E-state index in [1.807, 2.05) is 18.2 Å². The summed E-state index contributed by atoms with van der Waals surface area (Å²) >= 11 is 5.95. The Balaban J connectivity index is 1.27. The van der Waals surface area contributed by atoms with Gasteiger partial charge in [-0.05, 0) is 53.6 Å². The molecule has 0 saturated carbocycles. The number of benzene rings is 3. The molecule has 176 valence electrons. The lowest BCUT2D eigenvalue weighted by Crippen LogP contribution is -2.41. The van der Waals surface area contributed by atoms with Crippen LogP contribution in [0.1, 0.15) is 47.6 Å².